The van der Waals surface area contributed by atoms with Crippen molar-refractivity contribution in [2.75, 3.05) is 13.7 Å². The molecule has 2 aromatic carbocycles. The third-order valence-electron chi connectivity index (χ3n) is 3.23. The van der Waals surface area contributed by atoms with E-state index < -0.39 is 5.91 Å². The number of halogens is 1. The fourth-order valence-electron chi connectivity index (χ4n) is 1.98. The van der Waals surface area contributed by atoms with E-state index in [9.17, 15) is 9.59 Å². The predicted octanol–water partition coefficient (Wildman–Crippen LogP) is 2.74. The normalized spacial score (nSPS) is 10.8. The van der Waals surface area contributed by atoms with Crippen molar-refractivity contribution in [1.82, 2.24) is 10.7 Å². The Bertz CT molecular complexity index is 820. The molecule has 2 aromatic rings. The first-order chi connectivity index (χ1) is 12.6. The molecular weight excluding hydrogens is 398 g/mol. The summed E-state index contributed by atoms with van der Waals surface area (Å²) in [4.78, 5) is 23.4. The van der Waals surface area contributed by atoms with Crippen molar-refractivity contribution in [3.63, 3.8) is 0 Å². The molecule has 0 unspecified atom stereocenters. The average molecular weight is 416 g/mol. The van der Waals surface area contributed by atoms with Gasteiger partial charge in [0.25, 0.3) is 5.91 Å². The third-order valence-corrected chi connectivity index (χ3v) is 3.73. The number of amides is 2. The lowest BCUT2D eigenvalue weighted by molar-refractivity contribution is -0.123. The maximum atomic E-state index is 11.7. The van der Waals surface area contributed by atoms with Crippen molar-refractivity contribution in [3.05, 3.63) is 70.2 Å². The maximum absolute atomic E-state index is 11.7. The van der Waals surface area contributed by atoms with Crippen LogP contribution in [0.25, 0.3) is 6.08 Å². The number of carbonyl (C=O) groups is 2. The fourth-order valence-corrected chi connectivity index (χ4v) is 2.36. The van der Waals surface area contributed by atoms with Crippen LogP contribution in [0.4, 0.5) is 0 Å². The first-order valence-corrected chi connectivity index (χ1v) is 8.54. The van der Waals surface area contributed by atoms with Crippen LogP contribution >= 0.6 is 15.9 Å². The van der Waals surface area contributed by atoms with E-state index in [4.69, 9.17) is 4.74 Å². The summed E-state index contributed by atoms with van der Waals surface area (Å²) < 4.78 is 6.08. The lowest BCUT2D eigenvalue weighted by Gasteiger charge is -2.05. The van der Waals surface area contributed by atoms with Gasteiger partial charge in [0.2, 0.25) is 5.91 Å². The maximum Gasteiger partial charge on any atom is 0.259 e. The minimum Gasteiger partial charge on any atom is -0.496 e. The summed E-state index contributed by atoms with van der Waals surface area (Å²) in [6.07, 6.45) is 4.52. The van der Waals surface area contributed by atoms with Crippen molar-refractivity contribution < 1.29 is 14.3 Å². The molecule has 0 saturated carbocycles. The van der Waals surface area contributed by atoms with E-state index in [1.807, 2.05) is 42.5 Å². The molecule has 2 N–H and O–H groups in total. The van der Waals surface area contributed by atoms with Crippen LogP contribution in [0, 0.1) is 0 Å². The van der Waals surface area contributed by atoms with Gasteiger partial charge in [-0.15, -0.1) is 0 Å². The average Bonchev–Trinajstić information content (AvgIpc) is 2.66. The number of hydrogen-bond donors (Lipinski definition) is 2. The quantitative estimate of drug-likeness (QED) is 0.414. The number of rotatable bonds is 7. The topological polar surface area (TPSA) is 79.8 Å². The molecule has 0 heterocycles. The number of nitrogens with zero attached hydrogens (tertiary/aromatic N) is 1. The molecule has 134 valence electrons. The van der Waals surface area contributed by atoms with Crippen LogP contribution in [0.3, 0.4) is 0 Å². The lowest BCUT2D eigenvalue weighted by Crippen LogP contribution is -2.34. The molecule has 7 heteroatoms. The molecule has 2 rings (SSSR count). The Hall–Kier alpha value is -2.93. The van der Waals surface area contributed by atoms with E-state index in [0.717, 1.165) is 10.0 Å². The smallest absolute Gasteiger partial charge is 0.259 e. The standard InChI is InChI=1S/C19H18BrN3O3/c1-26-17-9-8-16(20)11-15(17)12-22-23-19(25)13-21-18(24)10-7-14-5-3-2-4-6-14/h2-12H,13H2,1H3,(H,21,24)(H,23,25)/b10-7+,22-12?. The van der Waals surface area contributed by atoms with Gasteiger partial charge in [-0.05, 0) is 29.8 Å². The molecule has 0 radical (unpaired) electrons. The number of nitrogens with one attached hydrogen (secondary N) is 2. The van der Waals surface area contributed by atoms with Gasteiger partial charge in [0.15, 0.2) is 0 Å². The van der Waals surface area contributed by atoms with Gasteiger partial charge in [0, 0.05) is 16.1 Å². The molecule has 0 atom stereocenters. The largest absolute Gasteiger partial charge is 0.496 e. The van der Waals surface area contributed by atoms with Crippen molar-refractivity contribution in [3.8, 4) is 5.75 Å². The predicted molar refractivity (Wildman–Crippen MR) is 105 cm³/mol. The minimum absolute atomic E-state index is 0.176. The highest BCUT2D eigenvalue weighted by Gasteiger charge is 2.03. The number of hydrazone groups is 1. The highest BCUT2D eigenvalue weighted by Crippen LogP contribution is 2.21. The summed E-state index contributed by atoms with van der Waals surface area (Å²) in [5.41, 5.74) is 3.96. The van der Waals surface area contributed by atoms with Gasteiger partial charge in [-0.1, -0.05) is 46.3 Å². The molecule has 0 aromatic heterocycles. The summed E-state index contributed by atoms with van der Waals surface area (Å²) in [5, 5.41) is 6.36. The zero-order valence-corrected chi connectivity index (χ0v) is 15.7. The molecule has 6 nitrogen and oxygen atoms in total. The molecular formula is C19H18BrN3O3. The van der Waals surface area contributed by atoms with E-state index in [-0.39, 0.29) is 12.5 Å². The second kappa shape index (κ2) is 10.1. The van der Waals surface area contributed by atoms with Crippen molar-refractivity contribution in [1.29, 1.82) is 0 Å². The van der Waals surface area contributed by atoms with Crippen molar-refractivity contribution in [2.45, 2.75) is 0 Å². The van der Waals surface area contributed by atoms with Gasteiger partial charge in [-0.3, -0.25) is 9.59 Å². The number of hydrogen-bond acceptors (Lipinski definition) is 4. The number of benzene rings is 2. The van der Waals surface area contributed by atoms with Gasteiger partial charge in [0.05, 0.1) is 19.9 Å². The molecule has 0 fully saturated rings. The molecule has 0 aliphatic carbocycles. The van der Waals surface area contributed by atoms with E-state index in [1.54, 1.807) is 19.3 Å². The summed E-state index contributed by atoms with van der Waals surface area (Å²) in [6, 6.07) is 14.8. The Labute approximate surface area is 160 Å². The molecule has 0 saturated heterocycles. The first-order valence-electron chi connectivity index (χ1n) is 7.75. The molecule has 0 bridgehead atoms. The third kappa shape index (κ3) is 6.52. The lowest BCUT2D eigenvalue weighted by atomic mass is 10.2. The van der Waals surface area contributed by atoms with Gasteiger partial charge >= 0.3 is 0 Å². The Morgan fingerprint density at radius 2 is 1.96 bits per heavy atom. The van der Waals surface area contributed by atoms with Crippen LogP contribution in [0.2, 0.25) is 0 Å². The van der Waals surface area contributed by atoms with Crippen molar-refractivity contribution >= 4 is 40.0 Å². The fraction of sp³-hybridized carbons (Fsp3) is 0.105. The second-order valence-electron chi connectivity index (χ2n) is 5.14. The summed E-state index contributed by atoms with van der Waals surface area (Å²) >= 11 is 3.36. The Balaban J connectivity index is 1.79. The Morgan fingerprint density at radius 1 is 1.19 bits per heavy atom. The van der Waals surface area contributed by atoms with Gasteiger partial charge in [0.1, 0.15) is 5.75 Å². The van der Waals surface area contributed by atoms with E-state index in [1.165, 1.54) is 12.3 Å². The van der Waals surface area contributed by atoms with Gasteiger partial charge in [-0.2, -0.15) is 5.10 Å². The zero-order valence-electron chi connectivity index (χ0n) is 14.1. The van der Waals surface area contributed by atoms with Gasteiger partial charge < -0.3 is 10.1 Å². The molecule has 26 heavy (non-hydrogen) atoms. The highest BCUT2D eigenvalue weighted by atomic mass is 79.9. The number of ether oxygens (including phenoxy) is 1. The van der Waals surface area contributed by atoms with Crippen LogP contribution in [0.1, 0.15) is 11.1 Å². The monoisotopic (exact) mass is 415 g/mol. The van der Waals surface area contributed by atoms with E-state index in [0.29, 0.717) is 11.3 Å². The summed E-state index contributed by atoms with van der Waals surface area (Å²) in [6.45, 7) is -0.176. The zero-order chi connectivity index (χ0) is 18.8. The summed E-state index contributed by atoms with van der Waals surface area (Å²) in [7, 11) is 1.55. The highest BCUT2D eigenvalue weighted by molar-refractivity contribution is 9.10. The van der Waals surface area contributed by atoms with Crippen molar-refractivity contribution in [2.24, 2.45) is 5.10 Å². The SMILES string of the molecule is COc1ccc(Br)cc1C=NNC(=O)CNC(=O)/C=C/c1ccccc1. The van der Waals surface area contributed by atoms with Crippen LogP contribution in [0.5, 0.6) is 5.75 Å². The molecule has 0 aliphatic rings. The molecule has 0 spiro atoms. The summed E-state index contributed by atoms with van der Waals surface area (Å²) in [5.74, 6) is -0.163. The number of carbonyl (C=O) groups excluding carboxylic acids is 2. The number of methoxy groups -OCH3 is 1. The van der Waals surface area contributed by atoms with Crippen LogP contribution in [-0.2, 0) is 9.59 Å². The minimum atomic E-state index is -0.434. The van der Waals surface area contributed by atoms with E-state index >= 15 is 0 Å². The van der Waals surface area contributed by atoms with Crippen LogP contribution < -0.4 is 15.5 Å². The van der Waals surface area contributed by atoms with Gasteiger partial charge in [-0.25, -0.2) is 5.43 Å². The van der Waals surface area contributed by atoms with Crippen LogP contribution in [-0.4, -0.2) is 31.7 Å². The first kappa shape index (κ1) is 19.4. The molecule has 0 aliphatic heterocycles. The second-order valence-corrected chi connectivity index (χ2v) is 6.06. The molecule has 2 amide bonds. The Kier molecular flexibility index (Phi) is 7.57. The Morgan fingerprint density at radius 3 is 2.69 bits per heavy atom. The van der Waals surface area contributed by atoms with Crippen LogP contribution in [0.15, 0.2) is 64.2 Å². The van der Waals surface area contributed by atoms with E-state index in [2.05, 4.69) is 31.8 Å².